The van der Waals surface area contributed by atoms with Gasteiger partial charge in [-0.3, -0.25) is 4.79 Å². The first kappa shape index (κ1) is 14.0. The Bertz CT molecular complexity index is 472. The SMILES string of the molecule is C/C(=C\C(=O)O)C(=O)Nc1ccc(C(C)C)cc1. The molecule has 4 nitrogen and oxygen atoms in total. The lowest BCUT2D eigenvalue weighted by Crippen LogP contribution is -2.13. The molecule has 0 atom stereocenters. The molecule has 4 heteroatoms. The van der Waals surface area contributed by atoms with Crippen LogP contribution in [0.4, 0.5) is 5.69 Å². The summed E-state index contributed by atoms with van der Waals surface area (Å²) in [7, 11) is 0. The summed E-state index contributed by atoms with van der Waals surface area (Å²) < 4.78 is 0. The number of rotatable bonds is 4. The minimum absolute atomic E-state index is 0.162. The molecule has 2 N–H and O–H groups in total. The number of amides is 1. The second-order valence-electron chi connectivity index (χ2n) is 4.40. The lowest BCUT2D eigenvalue weighted by Gasteiger charge is -2.08. The van der Waals surface area contributed by atoms with Gasteiger partial charge in [-0.05, 0) is 30.5 Å². The van der Waals surface area contributed by atoms with Crippen LogP contribution in [-0.2, 0) is 9.59 Å². The van der Waals surface area contributed by atoms with Gasteiger partial charge >= 0.3 is 5.97 Å². The van der Waals surface area contributed by atoms with E-state index in [1.807, 2.05) is 12.1 Å². The molecule has 0 heterocycles. The summed E-state index contributed by atoms with van der Waals surface area (Å²) in [5, 5.41) is 11.2. The number of hydrogen-bond acceptors (Lipinski definition) is 2. The number of hydrogen-bond donors (Lipinski definition) is 2. The lowest BCUT2D eigenvalue weighted by atomic mass is 10.0. The molecule has 1 aromatic carbocycles. The van der Waals surface area contributed by atoms with Crippen LogP contribution >= 0.6 is 0 Å². The summed E-state index contributed by atoms with van der Waals surface area (Å²) in [6.45, 7) is 5.65. The Morgan fingerprint density at radius 3 is 2.22 bits per heavy atom. The predicted octanol–water partition coefficient (Wildman–Crippen LogP) is 2.78. The number of aliphatic carboxylic acids is 1. The van der Waals surface area contributed by atoms with Crippen LogP contribution in [0.3, 0.4) is 0 Å². The molecule has 96 valence electrons. The van der Waals surface area contributed by atoms with Crippen molar-refractivity contribution in [1.29, 1.82) is 0 Å². The van der Waals surface area contributed by atoms with E-state index in [2.05, 4.69) is 19.2 Å². The molecule has 0 radical (unpaired) electrons. The smallest absolute Gasteiger partial charge is 0.328 e. The van der Waals surface area contributed by atoms with E-state index in [1.54, 1.807) is 12.1 Å². The fourth-order valence-electron chi connectivity index (χ4n) is 1.43. The number of carboxylic acids is 1. The van der Waals surface area contributed by atoms with E-state index in [0.717, 1.165) is 6.08 Å². The molecule has 0 fully saturated rings. The fraction of sp³-hybridized carbons (Fsp3) is 0.286. The van der Waals surface area contributed by atoms with Crippen LogP contribution in [-0.4, -0.2) is 17.0 Å². The van der Waals surface area contributed by atoms with Gasteiger partial charge in [0.05, 0.1) is 0 Å². The molecule has 0 saturated carbocycles. The van der Waals surface area contributed by atoms with Crippen molar-refractivity contribution in [3.63, 3.8) is 0 Å². The first-order valence-electron chi connectivity index (χ1n) is 5.72. The molecule has 1 rings (SSSR count). The quantitative estimate of drug-likeness (QED) is 0.804. The highest BCUT2D eigenvalue weighted by atomic mass is 16.4. The Kier molecular flexibility index (Phi) is 4.66. The maximum Gasteiger partial charge on any atom is 0.328 e. The third-order valence-electron chi connectivity index (χ3n) is 2.53. The van der Waals surface area contributed by atoms with Gasteiger partial charge in [0.15, 0.2) is 0 Å². The molecular formula is C14H17NO3. The zero-order chi connectivity index (χ0) is 13.7. The van der Waals surface area contributed by atoms with E-state index in [1.165, 1.54) is 12.5 Å². The van der Waals surface area contributed by atoms with Crippen LogP contribution in [0.15, 0.2) is 35.9 Å². The molecule has 18 heavy (non-hydrogen) atoms. The Morgan fingerprint density at radius 1 is 1.22 bits per heavy atom. The van der Waals surface area contributed by atoms with Crippen molar-refractivity contribution in [2.75, 3.05) is 5.32 Å². The van der Waals surface area contributed by atoms with Crippen LogP contribution in [0, 0.1) is 0 Å². The third kappa shape index (κ3) is 4.05. The van der Waals surface area contributed by atoms with Gasteiger partial charge in [0.2, 0.25) is 0 Å². The lowest BCUT2D eigenvalue weighted by molar-refractivity contribution is -0.131. The normalized spacial score (nSPS) is 11.4. The standard InChI is InChI=1S/C14H17NO3/c1-9(2)11-4-6-12(7-5-11)15-14(18)10(3)8-13(16)17/h4-9H,1-3H3,(H,15,18)(H,16,17)/b10-8+. The first-order valence-corrected chi connectivity index (χ1v) is 5.72. The van der Waals surface area contributed by atoms with Crippen molar-refractivity contribution < 1.29 is 14.7 Å². The Balaban J connectivity index is 2.74. The van der Waals surface area contributed by atoms with E-state index in [4.69, 9.17) is 5.11 Å². The van der Waals surface area contributed by atoms with Crippen molar-refractivity contribution >= 4 is 17.6 Å². The van der Waals surface area contributed by atoms with Crippen molar-refractivity contribution in [1.82, 2.24) is 0 Å². The number of carboxylic acid groups (broad SMARTS) is 1. The average Bonchev–Trinajstić information content (AvgIpc) is 2.28. The Hall–Kier alpha value is -2.10. The fourth-order valence-corrected chi connectivity index (χ4v) is 1.43. The molecular weight excluding hydrogens is 230 g/mol. The first-order chi connectivity index (χ1) is 8.40. The van der Waals surface area contributed by atoms with Gasteiger partial charge in [-0.1, -0.05) is 26.0 Å². The van der Waals surface area contributed by atoms with E-state index < -0.39 is 11.9 Å². The van der Waals surface area contributed by atoms with Crippen molar-refractivity contribution in [2.24, 2.45) is 0 Å². The number of anilines is 1. The molecule has 1 aromatic rings. The molecule has 1 amide bonds. The van der Waals surface area contributed by atoms with Crippen LogP contribution in [0.1, 0.15) is 32.3 Å². The van der Waals surface area contributed by atoms with E-state index in [9.17, 15) is 9.59 Å². The second kappa shape index (κ2) is 6.00. The predicted molar refractivity (Wildman–Crippen MR) is 70.6 cm³/mol. The second-order valence-corrected chi connectivity index (χ2v) is 4.40. The minimum atomic E-state index is -1.13. The van der Waals surface area contributed by atoms with Crippen molar-refractivity contribution in [3.8, 4) is 0 Å². The summed E-state index contributed by atoms with van der Waals surface area (Å²) >= 11 is 0. The number of nitrogens with one attached hydrogen (secondary N) is 1. The van der Waals surface area contributed by atoms with Gasteiger partial charge in [-0.25, -0.2) is 4.79 Å². The number of carbonyl (C=O) groups is 2. The topological polar surface area (TPSA) is 66.4 Å². The molecule has 0 saturated heterocycles. The summed E-state index contributed by atoms with van der Waals surface area (Å²) in [5.41, 5.74) is 2.00. The van der Waals surface area contributed by atoms with E-state index >= 15 is 0 Å². The van der Waals surface area contributed by atoms with Crippen LogP contribution in [0.2, 0.25) is 0 Å². The molecule has 0 spiro atoms. The van der Waals surface area contributed by atoms with Crippen LogP contribution in [0.5, 0.6) is 0 Å². The van der Waals surface area contributed by atoms with Crippen molar-refractivity contribution in [3.05, 3.63) is 41.5 Å². The monoisotopic (exact) mass is 247 g/mol. The molecule has 0 aliphatic rings. The van der Waals surface area contributed by atoms with Gasteiger partial charge in [0, 0.05) is 17.3 Å². The molecule has 0 bridgehead atoms. The third-order valence-corrected chi connectivity index (χ3v) is 2.53. The number of carbonyl (C=O) groups excluding carboxylic acids is 1. The summed E-state index contributed by atoms with van der Waals surface area (Å²) in [6.07, 6.45) is 0.887. The summed E-state index contributed by atoms with van der Waals surface area (Å²) in [4.78, 5) is 22.1. The zero-order valence-electron chi connectivity index (χ0n) is 10.7. The zero-order valence-corrected chi connectivity index (χ0v) is 10.7. The highest BCUT2D eigenvalue weighted by Gasteiger charge is 2.07. The maximum absolute atomic E-state index is 11.6. The maximum atomic E-state index is 11.6. The highest BCUT2D eigenvalue weighted by molar-refractivity contribution is 6.06. The van der Waals surface area contributed by atoms with Crippen molar-refractivity contribution in [2.45, 2.75) is 26.7 Å². The average molecular weight is 247 g/mol. The van der Waals surface area contributed by atoms with Gasteiger partial charge in [0.1, 0.15) is 0 Å². The van der Waals surface area contributed by atoms with E-state index in [0.29, 0.717) is 11.6 Å². The molecule has 0 unspecified atom stereocenters. The van der Waals surface area contributed by atoms with Crippen LogP contribution in [0.25, 0.3) is 0 Å². The highest BCUT2D eigenvalue weighted by Crippen LogP contribution is 2.17. The van der Waals surface area contributed by atoms with E-state index in [-0.39, 0.29) is 5.57 Å². The molecule has 0 aromatic heterocycles. The largest absolute Gasteiger partial charge is 0.478 e. The minimum Gasteiger partial charge on any atom is -0.478 e. The Labute approximate surface area is 106 Å². The Morgan fingerprint density at radius 2 is 1.78 bits per heavy atom. The summed E-state index contributed by atoms with van der Waals surface area (Å²) in [6, 6.07) is 7.50. The molecule has 0 aliphatic heterocycles. The molecule has 0 aliphatic carbocycles. The summed E-state index contributed by atoms with van der Waals surface area (Å²) in [5.74, 6) is -1.10. The number of benzene rings is 1. The van der Waals surface area contributed by atoms with Gasteiger partial charge in [0.25, 0.3) is 5.91 Å². The van der Waals surface area contributed by atoms with Gasteiger partial charge in [-0.2, -0.15) is 0 Å². The van der Waals surface area contributed by atoms with Gasteiger partial charge < -0.3 is 10.4 Å². The van der Waals surface area contributed by atoms with Gasteiger partial charge in [-0.15, -0.1) is 0 Å². The van der Waals surface area contributed by atoms with Crippen LogP contribution < -0.4 is 5.32 Å².